The normalized spacial score (nSPS) is 23.2. The van der Waals surface area contributed by atoms with Crippen LogP contribution in [0.1, 0.15) is 6.42 Å². The standard InChI is InChI=1S/C9H20N2O2S/c1-11(5-6-14(2,12)13)8-9-3-4-10-7-9/h9-10H,3-8H2,1-2H3. The monoisotopic (exact) mass is 220 g/mol. The van der Waals surface area contributed by atoms with Crippen LogP contribution in [-0.4, -0.2) is 58.6 Å². The maximum absolute atomic E-state index is 10.9. The van der Waals surface area contributed by atoms with Crippen molar-refractivity contribution in [2.75, 3.05) is 45.2 Å². The van der Waals surface area contributed by atoms with Crippen LogP contribution >= 0.6 is 0 Å². The molecule has 1 aliphatic heterocycles. The first-order valence-electron chi connectivity index (χ1n) is 5.04. The Kier molecular flexibility index (Phi) is 4.34. The molecule has 4 nitrogen and oxygen atoms in total. The van der Waals surface area contributed by atoms with Crippen molar-refractivity contribution in [3.63, 3.8) is 0 Å². The maximum Gasteiger partial charge on any atom is 0.148 e. The summed E-state index contributed by atoms with van der Waals surface area (Å²) in [6.45, 7) is 3.83. The molecule has 5 heteroatoms. The van der Waals surface area contributed by atoms with Gasteiger partial charge in [0.1, 0.15) is 9.84 Å². The van der Waals surface area contributed by atoms with Gasteiger partial charge in [0.15, 0.2) is 0 Å². The van der Waals surface area contributed by atoms with Gasteiger partial charge >= 0.3 is 0 Å². The molecule has 1 atom stereocenters. The summed E-state index contributed by atoms with van der Waals surface area (Å²) in [5.41, 5.74) is 0. The van der Waals surface area contributed by atoms with Crippen LogP contribution in [0.2, 0.25) is 0 Å². The van der Waals surface area contributed by atoms with E-state index in [2.05, 4.69) is 10.2 Å². The second kappa shape index (κ2) is 5.09. The molecule has 1 unspecified atom stereocenters. The van der Waals surface area contributed by atoms with Crippen molar-refractivity contribution in [2.24, 2.45) is 5.92 Å². The molecule has 0 aromatic rings. The van der Waals surface area contributed by atoms with Crippen LogP contribution in [0.4, 0.5) is 0 Å². The third-order valence-electron chi connectivity index (χ3n) is 2.58. The van der Waals surface area contributed by atoms with E-state index in [-0.39, 0.29) is 5.75 Å². The van der Waals surface area contributed by atoms with E-state index in [4.69, 9.17) is 0 Å². The van der Waals surface area contributed by atoms with Crippen molar-refractivity contribution in [1.29, 1.82) is 0 Å². The lowest BCUT2D eigenvalue weighted by molar-refractivity contribution is 0.299. The van der Waals surface area contributed by atoms with Gasteiger partial charge in [0.2, 0.25) is 0 Å². The van der Waals surface area contributed by atoms with Gasteiger partial charge in [-0.3, -0.25) is 0 Å². The smallest absolute Gasteiger partial charge is 0.148 e. The van der Waals surface area contributed by atoms with E-state index in [1.807, 2.05) is 7.05 Å². The molecule has 0 saturated carbocycles. The molecule has 0 aromatic heterocycles. The molecule has 14 heavy (non-hydrogen) atoms. The fourth-order valence-corrected chi connectivity index (χ4v) is 2.37. The molecule has 1 aliphatic rings. The second-order valence-corrected chi connectivity index (χ2v) is 6.51. The van der Waals surface area contributed by atoms with Crippen LogP contribution < -0.4 is 5.32 Å². The summed E-state index contributed by atoms with van der Waals surface area (Å²) in [7, 11) is -0.821. The highest BCUT2D eigenvalue weighted by Gasteiger charge is 2.16. The van der Waals surface area contributed by atoms with E-state index in [1.165, 1.54) is 12.7 Å². The molecule has 0 radical (unpaired) electrons. The zero-order valence-corrected chi connectivity index (χ0v) is 9.81. The van der Waals surface area contributed by atoms with Gasteiger partial charge in [-0.1, -0.05) is 0 Å². The van der Waals surface area contributed by atoms with Crippen molar-refractivity contribution >= 4 is 9.84 Å². The highest BCUT2D eigenvalue weighted by Crippen LogP contribution is 2.08. The lowest BCUT2D eigenvalue weighted by Crippen LogP contribution is -2.31. The molecule has 1 rings (SSSR count). The molecule has 0 aromatic carbocycles. The van der Waals surface area contributed by atoms with Crippen molar-refractivity contribution in [2.45, 2.75) is 6.42 Å². The average molecular weight is 220 g/mol. The number of nitrogens with one attached hydrogen (secondary N) is 1. The molecule has 0 bridgehead atoms. The first-order valence-corrected chi connectivity index (χ1v) is 7.10. The lowest BCUT2D eigenvalue weighted by atomic mass is 10.1. The van der Waals surface area contributed by atoms with E-state index in [1.54, 1.807) is 0 Å². The number of hydrogen-bond donors (Lipinski definition) is 1. The van der Waals surface area contributed by atoms with Crippen molar-refractivity contribution in [3.8, 4) is 0 Å². The molecule has 1 fully saturated rings. The predicted octanol–water partition coefficient (Wildman–Crippen LogP) is -0.428. The number of sulfone groups is 1. The molecule has 1 N–H and O–H groups in total. The summed E-state index contributed by atoms with van der Waals surface area (Å²) < 4.78 is 21.9. The Bertz CT molecular complexity index is 258. The maximum atomic E-state index is 10.9. The SMILES string of the molecule is CN(CCS(C)(=O)=O)CC1CCNC1. The van der Waals surface area contributed by atoms with Crippen LogP contribution in [0, 0.1) is 5.92 Å². The minimum Gasteiger partial charge on any atom is -0.316 e. The van der Waals surface area contributed by atoms with Gasteiger partial charge in [-0.25, -0.2) is 8.42 Å². The quantitative estimate of drug-likeness (QED) is 0.683. The molecule has 0 spiro atoms. The number of rotatable bonds is 5. The van der Waals surface area contributed by atoms with E-state index < -0.39 is 9.84 Å². The van der Waals surface area contributed by atoms with E-state index in [0.717, 1.165) is 19.6 Å². The Labute approximate surface area is 86.6 Å². The summed E-state index contributed by atoms with van der Waals surface area (Å²) in [4.78, 5) is 2.11. The first kappa shape index (κ1) is 11.9. The van der Waals surface area contributed by atoms with Crippen LogP contribution in [0.5, 0.6) is 0 Å². The molecule has 0 aliphatic carbocycles. The van der Waals surface area contributed by atoms with Gasteiger partial charge in [0.25, 0.3) is 0 Å². The topological polar surface area (TPSA) is 49.4 Å². The molecular weight excluding hydrogens is 200 g/mol. The van der Waals surface area contributed by atoms with Crippen molar-refractivity contribution in [3.05, 3.63) is 0 Å². The Morgan fingerprint density at radius 2 is 2.21 bits per heavy atom. The largest absolute Gasteiger partial charge is 0.316 e. The molecule has 0 amide bonds. The van der Waals surface area contributed by atoms with E-state index in [0.29, 0.717) is 12.5 Å². The van der Waals surface area contributed by atoms with Crippen LogP contribution in [-0.2, 0) is 9.84 Å². The minimum atomic E-state index is -2.81. The predicted molar refractivity (Wildman–Crippen MR) is 58.2 cm³/mol. The summed E-state index contributed by atoms with van der Waals surface area (Å²) in [6.07, 6.45) is 2.50. The molecular formula is C9H20N2O2S. The second-order valence-electron chi connectivity index (χ2n) is 4.25. The Balaban J connectivity index is 2.18. The van der Waals surface area contributed by atoms with Crippen LogP contribution in [0.15, 0.2) is 0 Å². The van der Waals surface area contributed by atoms with Gasteiger partial charge in [0.05, 0.1) is 5.75 Å². The van der Waals surface area contributed by atoms with Crippen LogP contribution in [0.3, 0.4) is 0 Å². The molecule has 1 heterocycles. The minimum absolute atomic E-state index is 0.268. The molecule has 84 valence electrons. The first-order chi connectivity index (χ1) is 6.47. The van der Waals surface area contributed by atoms with Crippen molar-refractivity contribution < 1.29 is 8.42 Å². The summed E-state index contributed by atoms with van der Waals surface area (Å²) in [6, 6.07) is 0. The van der Waals surface area contributed by atoms with Gasteiger partial charge in [0, 0.05) is 19.3 Å². The molecule has 1 saturated heterocycles. The lowest BCUT2D eigenvalue weighted by Gasteiger charge is -2.19. The summed E-state index contributed by atoms with van der Waals surface area (Å²) in [5, 5.41) is 3.31. The highest BCUT2D eigenvalue weighted by atomic mass is 32.2. The third kappa shape index (κ3) is 4.93. The Morgan fingerprint density at radius 3 is 2.71 bits per heavy atom. The fourth-order valence-electron chi connectivity index (χ4n) is 1.72. The van der Waals surface area contributed by atoms with Gasteiger partial charge in [-0.2, -0.15) is 0 Å². The zero-order valence-electron chi connectivity index (χ0n) is 8.99. The Morgan fingerprint density at radius 1 is 1.50 bits per heavy atom. The summed E-state index contributed by atoms with van der Waals surface area (Å²) >= 11 is 0. The number of nitrogens with zero attached hydrogens (tertiary/aromatic N) is 1. The zero-order chi connectivity index (χ0) is 10.6. The fraction of sp³-hybridized carbons (Fsp3) is 1.00. The van der Waals surface area contributed by atoms with E-state index in [9.17, 15) is 8.42 Å². The number of hydrogen-bond acceptors (Lipinski definition) is 4. The van der Waals surface area contributed by atoms with Gasteiger partial charge < -0.3 is 10.2 Å². The van der Waals surface area contributed by atoms with Crippen molar-refractivity contribution in [1.82, 2.24) is 10.2 Å². The average Bonchev–Trinajstić information content (AvgIpc) is 2.52. The van der Waals surface area contributed by atoms with Crippen LogP contribution in [0.25, 0.3) is 0 Å². The van der Waals surface area contributed by atoms with Gasteiger partial charge in [-0.05, 0) is 32.5 Å². The third-order valence-corrected chi connectivity index (χ3v) is 3.50. The van der Waals surface area contributed by atoms with E-state index >= 15 is 0 Å². The highest BCUT2D eigenvalue weighted by molar-refractivity contribution is 7.90. The summed E-state index contributed by atoms with van der Waals surface area (Å²) in [5.74, 6) is 0.962. The Hall–Kier alpha value is -0.130. The van der Waals surface area contributed by atoms with Gasteiger partial charge in [-0.15, -0.1) is 0 Å².